The molecule has 1 N–H and O–H groups in total. The number of aryl methyl sites for hydroxylation is 2. The van der Waals surface area contributed by atoms with Crippen molar-refractivity contribution >= 4 is 0 Å². The molecule has 0 amide bonds. The fourth-order valence-corrected chi connectivity index (χ4v) is 3.19. The van der Waals surface area contributed by atoms with Gasteiger partial charge in [0.2, 0.25) is 0 Å². The number of aromatic amines is 1. The van der Waals surface area contributed by atoms with Crippen LogP contribution in [-0.4, -0.2) is 4.98 Å². The van der Waals surface area contributed by atoms with Crippen LogP contribution in [0.1, 0.15) is 16.7 Å². The second kappa shape index (κ2) is 7.73. The Morgan fingerprint density at radius 3 is 2.21 bits per heavy atom. The first-order chi connectivity index (χ1) is 13.6. The van der Waals surface area contributed by atoms with E-state index in [2.05, 4.69) is 61.3 Å². The van der Waals surface area contributed by atoms with Crippen molar-refractivity contribution < 1.29 is 9.13 Å². The molecular formula is C25H22FNO. The molecule has 4 aromatic rings. The van der Waals surface area contributed by atoms with E-state index in [1.165, 1.54) is 17.7 Å². The second-order valence-electron chi connectivity index (χ2n) is 7.06. The maximum atomic E-state index is 13.1. The molecule has 0 saturated carbocycles. The number of ether oxygens (including phenoxy) is 1. The first-order valence-corrected chi connectivity index (χ1v) is 9.32. The average molecular weight is 371 g/mol. The number of hydrogen-bond acceptors (Lipinski definition) is 1. The lowest BCUT2D eigenvalue weighted by atomic mass is 10.0. The van der Waals surface area contributed by atoms with Crippen LogP contribution in [0.2, 0.25) is 0 Å². The Labute approximate surface area is 164 Å². The number of halogens is 1. The van der Waals surface area contributed by atoms with Crippen LogP contribution >= 0.6 is 0 Å². The van der Waals surface area contributed by atoms with Gasteiger partial charge in [0.15, 0.2) is 0 Å². The van der Waals surface area contributed by atoms with Crippen molar-refractivity contribution in [2.45, 2.75) is 20.5 Å². The molecule has 0 fully saturated rings. The fourth-order valence-electron chi connectivity index (χ4n) is 3.19. The molecule has 4 rings (SSSR count). The van der Waals surface area contributed by atoms with E-state index in [-0.39, 0.29) is 5.82 Å². The van der Waals surface area contributed by atoms with Gasteiger partial charge in [-0.15, -0.1) is 0 Å². The number of hydrogen-bond donors (Lipinski definition) is 1. The summed E-state index contributed by atoms with van der Waals surface area (Å²) in [6.45, 7) is 4.69. The summed E-state index contributed by atoms with van der Waals surface area (Å²) in [5, 5.41) is 0. The van der Waals surface area contributed by atoms with Crippen LogP contribution in [0.5, 0.6) is 5.75 Å². The van der Waals surface area contributed by atoms with Gasteiger partial charge in [-0.3, -0.25) is 0 Å². The van der Waals surface area contributed by atoms with Crippen LogP contribution in [0, 0.1) is 19.7 Å². The monoisotopic (exact) mass is 371 g/mol. The first kappa shape index (κ1) is 18.1. The summed E-state index contributed by atoms with van der Waals surface area (Å²) in [5.74, 6) is 0.658. The van der Waals surface area contributed by atoms with Gasteiger partial charge < -0.3 is 9.72 Å². The van der Waals surface area contributed by atoms with Crippen LogP contribution in [0.4, 0.5) is 4.39 Å². The highest BCUT2D eigenvalue weighted by Gasteiger charge is 2.07. The Morgan fingerprint density at radius 2 is 1.50 bits per heavy atom. The lowest BCUT2D eigenvalue weighted by molar-refractivity contribution is 0.304. The highest BCUT2D eigenvalue weighted by molar-refractivity contribution is 5.72. The Bertz CT molecular complexity index is 1080. The molecule has 3 aromatic carbocycles. The predicted octanol–water partition coefficient (Wildman–Crippen LogP) is 6.68. The molecule has 28 heavy (non-hydrogen) atoms. The number of H-pyrrole nitrogens is 1. The summed E-state index contributed by atoms with van der Waals surface area (Å²) in [6, 6.07) is 23.2. The Balaban J connectivity index is 1.50. The van der Waals surface area contributed by atoms with E-state index in [9.17, 15) is 4.39 Å². The zero-order chi connectivity index (χ0) is 19.5. The van der Waals surface area contributed by atoms with Crippen LogP contribution in [0.25, 0.3) is 22.4 Å². The van der Waals surface area contributed by atoms with Gasteiger partial charge in [0.05, 0.1) is 0 Å². The van der Waals surface area contributed by atoms with E-state index >= 15 is 0 Å². The minimum Gasteiger partial charge on any atom is -0.489 e. The largest absolute Gasteiger partial charge is 0.489 e. The van der Waals surface area contributed by atoms with Crippen LogP contribution < -0.4 is 4.74 Å². The summed E-state index contributed by atoms with van der Waals surface area (Å²) in [7, 11) is 0. The van der Waals surface area contributed by atoms with Crippen LogP contribution in [0.15, 0.2) is 79.0 Å². The number of benzene rings is 3. The quantitative estimate of drug-likeness (QED) is 0.416. The molecule has 0 atom stereocenters. The first-order valence-electron chi connectivity index (χ1n) is 9.32. The van der Waals surface area contributed by atoms with Crippen molar-refractivity contribution in [1.82, 2.24) is 4.98 Å². The smallest absolute Gasteiger partial charge is 0.123 e. The van der Waals surface area contributed by atoms with Crippen molar-refractivity contribution in [3.63, 3.8) is 0 Å². The SMILES string of the molecule is Cc1ccc(COc2ccc(-c3c[nH]c(-c4ccc(F)cc4)c3)cc2C)cc1. The molecule has 0 aliphatic carbocycles. The van der Waals surface area contributed by atoms with E-state index in [1.54, 1.807) is 12.1 Å². The van der Waals surface area contributed by atoms with Gasteiger partial charge in [0, 0.05) is 11.9 Å². The van der Waals surface area contributed by atoms with Crippen molar-refractivity contribution in [2.75, 3.05) is 0 Å². The maximum Gasteiger partial charge on any atom is 0.123 e. The Morgan fingerprint density at radius 1 is 0.786 bits per heavy atom. The highest BCUT2D eigenvalue weighted by atomic mass is 19.1. The molecule has 1 heterocycles. The molecule has 3 heteroatoms. The molecule has 0 aliphatic rings. The maximum absolute atomic E-state index is 13.1. The molecule has 0 bridgehead atoms. The number of rotatable bonds is 5. The minimum absolute atomic E-state index is 0.229. The van der Waals surface area contributed by atoms with E-state index in [1.807, 2.05) is 12.3 Å². The molecule has 0 saturated heterocycles. The lowest BCUT2D eigenvalue weighted by Gasteiger charge is -2.11. The number of aromatic nitrogens is 1. The van der Waals surface area contributed by atoms with Crippen molar-refractivity contribution in [3.05, 3.63) is 102 Å². The Hall–Kier alpha value is -3.33. The summed E-state index contributed by atoms with van der Waals surface area (Å²) in [5.41, 5.74) is 7.63. The third-order valence-corrected chi connectivity index (χ3v) is 4.86. The van der Waals surface area contributed by atoms with Gasteiger partial charge >= 0.3 is 0 Å². The molecular weight excluding hydrogens is 349 g/mol. The predicted molar refractivity (Wildman–Crippen MR) is 112 cm³/mol. The van der Waals surface area contributed by atoms with E-state index in [0.29, 0.717) is 6.61 Å². The molecule has 0 radical (unpaired) electrons. The Kier molecular flexibility index (Phi) is 4.98. The summed E-state index contributed by atoms with van der Waals surface area (Å²) in [6.07, 6.45) is 1.97. The van der Waals surface area contributed by atoms with Gasteiger partial charge in [-0.2, -0.15) is 0 Å². The zero-order valence-corrected chi connectivity index (χ0v) is 16.0. The van der Waals surface area contributed by atoms with Gasteiger partial charge in [-0.25, -0.2) is 4.39 Å². The van der Waals surface area contributed by atoms with Crippen molar-refractivity contribution in [1.29, 1.82) is 0 Å². The molecule has 140 valence electrons. The zero-order valence-electron chi connectivity index (χ0n) is 16.0. The average Bonchev–Trinajstić information content (AvgIpc) is 3.19. The standard InChI is InChI=1S/C25H22FNO/c1-17-3-5-19(6-4-17)16-28-25-12-9-21(13-18(25)2)22-14-24(27-15-22)20-7-10-23(26)11-8-20/h3-15,27H,16H2,1-2H3. The lowest BCUT2D eigenvalue weighted by Crippen LogP contribution is -1.97. The molecule has 2 nitrogen and oxygen atoms in total. The van der Waals surface area contributed by atoms with Gasteiger partial charge in [-0.05, 0) is 84.1 Å². The third kappa shape index (κ3) is 3.99. The van der Waals surface area contributed by atoms with Gasteiger partial charge in [0.25, 0.3) is 0 Å². The topological polar surface area (TPSA) is 25.0 Å². The van der Waals surface area contributed by atoms with E-state index < -0.39 is 0 Å². The molecule has 1 aromatic heterocycles. The van der Waals surface area contributed by atoms with Crippen LogP contribution in [-0.2, 0) is 6.61 Å². The summed E-state index contributed by atoms with van der Waals surface area (Å²) < 4.78 is 19.1. The van der Waals surface area contributed by atoms with E-state index in [4.69, 9.17) is 4.74 Å². The highest BCUT2D eigenvalue weighted by Crippen LogP contribution is 2.30. The van der Waals surface area contributed by atoms with E-state index in [0.717, 1.165) is 39.3 Å². The van der Waals surface area contributed by atoms with Crippen molar-refractivity contribution in [3.8, 4) is 28.1 Å². The molecule has 0 unspecified atom stereocenters. The normalized spacial score (nSPS) is 10.8. The van der Waals surface area contributed by atoms with Crippen molar-refractivity contribution in [2.24, 2.45) is 0 Å². The van der Waals surface area contributed by atoms with Crippen LogP contribution in [0.3, 0.4) is 0 Å². The number of nitrogens with one attached hydrogen (secondary N) is 1. The molecule has 0 aliphatic heterocycles. The van der Waals surface area contributed by atoms with Gasteiger partial charge in [-0.1, -0.05) is 35.9 Å². The molecule has 0 spiro atoms. The van der Waals surface area contributed by atoms with Gasteiger partial charge in [0.1, 0.15) is 18.2 Å². The minimum atomic E-state index is -0.229. The summed E-state index contributed by atoms with van der Waals surface area (Å²) >= 11 is 0. The third-order valence-electron chi connectivity index (χ3n) is 4.86. The summed E-state index contributed by atoms with van der Waals surface area (Å²) in [4.78, 5) is 3.27. The second-order valence-corrected chi connectivity index (χ2v) is 7.06. The fraction of sp³-hybridized carbons (Fsp3) is 0.120.